The van der Waals surface area contributed by atoms with Gasteiger partial charge in [-0.15, -0.1) is 0 Å². The lowest BCUT2D eigenvalue weighted by molar-refractivity contribution is -0.122. The van der Waals surface area contributed by atoms with Crippen LogP contribution in [0.2, 0.25) is 0 Å². The highest BCUT2D eigenvalue weighted by Crippen LogP contribution is 2.18. The van der Waals surface area contributed by atoms with Crippen molar-refractivity contribution < 1.29 is 4.79 Å². The second kappa shape index (κ2) is 7.85. The van der Waals surface area contributed by atoms with Gasteiger partial charge in [0.2, 0.25) is 5.91 Å². The molecule has 1 rings (SSSR count). The van der Waals surface area contributed by atoms with Crippen LogP contribution in [0.15, 0.2) is 30.3 Å². The molecule has 1 aromatic carbocycles. The molecule has 94 valence electrons. The van der Waals surface area contributed by atoms with E-state index in [0.717, 1.165) is 31.5 Å². The fourth-order valence-electron chi connectivity index (χ4n) is 1.86. The lowest BCUT2D eigenvalue weighted by atomic mass is 9.96. The quantitative estimate of drug-likeness (QED) is 0.708. The summed E-state index contributed by atoms with van der Waals surface area (Å²) in [4.78, 5) is 12.0. The van der Waals surface area contributed by atoms with Crippen molar-refractivity contribution in [2.24, 2.45) is 0 Å². The smallest absolute Gasteiger partial charge is 0.227 e. The lowest BCUT2D eigenvalue weighted by Gasteiger charge is -2.15. The second-order valence-corrected chi connectivity index (χ2v) is 4.12. The third kappa shape index (κ3) is 4.57. The molecule has 0 aliphatic carbocycles. The fourth-order valence-corrected chi connectivity index (χ4v) is 1.86. The van der Waals surface area contributed by atoms with Crippen LogP contribution in [0.3, 0.4) is 0 Å². The molecular weight excluding hydrogens is 212 g/mol. The van der Waals surface area contributed by atoms with Crippen LogP contribution in [0.25, 0.3) is 0 Å². The molecule has 1 unspecified atom stereocenters. The maximum absolute atomic E-state index is 12.0. The van der Waals surface area contributed by atoms with Crippen LogP contribution < -0.4 is 10.6 Å². The fraction of sp³-hybridized carbons (Fsp3) is 0.500. The molecule has 0 bridgehead atoms. The first-order valence-corrected chi connectivity index (χ1v) is 6.26. The maximum Gasteiger partial charge on any atom is 0.227 e. The molecule has 0 heterocycles. The molecule has 17 heavy (non-hydrogen) atoms. The van der Waals surface area contributed by atoms with Crippen LogP contribution in [0.5, 0.6) is 0 Å². The zero-order valence-corrected chi connectivity index (χ0v) is 10.7. The Labute approximate surface area is 104 Å². The molecule has 0 saturated heterocycles. The van der Waals surface area contributed by atoms with E-state index in [9.17, 15) is 4.79 Å². The van der Waals surface area contributed by atoms with E-state index in [1.807, 2.05) is 44.3 Å². The number of hydrogen-bond acceptors (Lipinski definition) is 2. The second-order valence-electron chi connectivity index (χ2n) is 4.12. The molecule has 3 heteroatoms. The Hall–Kier alpha value is -1.35. The summed E-state index contributed by atoms with van der Waals surface area (Å²) < 4.78 is 0. The highest BCUT2D eigenvalue weighted by Gasteiger charge is 2.17. The van der Waals surface area contributed by atoms with Gasteiger partial charge in [-0.1, -0.05) is 37.3 Å². The molecule has 1 aromatic rings. The summed E-state index contributed by atoms with van der Waals surface area (Å²) in [6, 6.07) is 9.96. The van der Waals surface area contributed by atoms with E-state index in [1.165, 1.54) is 0 Å². The number of benzene rings is 1. The number of rotatable bonds is 7. The predicted octanol–water partition coefficient (Wildman–Crippen LogP) is 1.91. The first-order chi connectivity index (χ1) is 8.29. The van der Waals surface area contributed by atoms with Crippen molar-refractivity contribution in [2.45, 2.75) is 25.7 Å². The average Bonchev–Trinajstić information content (AvgIpc) is 2.37. The van der Waals surface area contributed by atoms with E-state index in [1.54, 1.807) is 0 Å². The Bertz CT molecular complexity index is 324. The zero-order chi connectivity index (χ0) is 12.5. The molecule has 0 aliphatic rings. The number of nitrogens with one attached hydrogen (secondary N) is 2. The molecule has 1 amide bonds. The highest BCUT2D eigenvalue weighted by molar-refractivity contribution is 5.83. The predicted molar refractivity (Wildman–Crippen MR) is 71.0 cm³/mol. The standard InChI is InChI=1S/C14H22N2O/c1-3-13(12-8-5-4-6-9-12)14(17)16-11-7-10-15-2/h4-6,8-9,13,15H,3,7,10-11H2,1-2H3,(H,16,17). The molecule has 0 aliphatic heterocycles. The van der Waals surface area contributed by atoms with E-state index < -0.39 is 0 Å². The SMILES string of the molecule is CCC(C(=O)NCCCNC)c1ccccc1. The van der Waals surface area contributed by atoms with Crippen molar-refractivity contribution in [2.75, 3.05) is 20.1 Å². The van der Waals surface area contributed by atoms with E-state index in [4.69, 9.17) is 0 Å². The van der Waals surface area contributed by atoms with Gasteiger partial charge < -0.3 is 10.6 Å². The molecule has 0 spiro atoms. The third-order valence-electron chi connectivity index (χ3n) is 2.83. The van der Waals surface area contributed by atoms with Crippen molar-refractivity contribution in [1.29, 1.82) is 0 Å². The van der Waals surface area contributed by atoms with Gasteiger partial charge in [0, 0.05) is 6.54 Å². The first kappa shape index (κ1) is 13.7. The maximum atomic E-state index is 12.0. The van der Waals surface area contributed by atoms with Crippen molar-refractivity contribution in [3.8, 4) is 0 Å². The number of hydrogen-bond donors (Lipinski definition) is 2. The van der Waals surface area contributed by atoms with Gasteiger partial charge in [0.1, 0.15) is 0 Å². The number of carbonyl (C=O) groups is 1. The minimum absolute atomic E-state index is 0.0224. The Morgan fingerprint density at radius 1 is 1.24 bits per heavy atom. The largest absolute Gasteiger partial charge is 0.356 e. The Balaban J connectivity index is 2.48. The molecule has 2 N–H and O–H groups in total. The van der Waals surface area contributed by atoms with Gasteiger partial charge >= 0.3 is 0 Å². The summed E-state index contributed by atoms with van der Waals surface area (Å²) >= 11 is 0. The van der Waals surface area contributed by atoms with Crippen molar-refractivity contribution in [3.05, 3.63) is 35.9 Å². The molecule has 0 saturated carbocycles. The Morgan fingerprint density at radius 2 is 1.94 bits per heavy atom. The minimum Gasteiger partial charge on any atom is -0.356 e. The summed E-state index contributed by atoms with van der Waals surface area (Å²) in [7, 11) is 1.92. The number of amides is 1. The lowest BCUT2D eigenvalue weighted by Crippen LogP contribution is -2.31. The van der Waals surface area contributed by atoms with Crippen molar-refractivity contribution in [3.63, 3.8) is 0 Å². The van der Waals surface area contributed by atoms with E-state index >= 15 is 0 Å². The Kier molecular flexibility index (Phi) is 6.33. The molecule has 3 nitrogen and oxygen atoms in total. The molecule has 1 atom stereocenters. The monoisotopic (exact) mass is 234 g/mol. The van der Waals surface area contributed by atoms with E-state index in [0.29, 0.717) is 0 Å². The molecular formula is C14H22N2O. The third-order valence-corrected chi connectivity index (χ3v) is 2.83. The van der Waals surface area contributed by atoms with Gasteiger partial charge in [-0.2, -0.15) is 0 Å². The molecule has 0 aromatic heterocycles. The zero-order valence-electron chi connectivity index (χ0n) is 10.7. The van der Waals surface area contributed by atoms with Crippen LogP contribution in [-0.4, -0.2) is 26.0 Å². The molecule has 0 fully saturated rings. The summed E-state index contributed by atoms with van der Waals surface area (Å²) in [5.41, 5.74) is 1.10. The minimum atomic E-state index is -0.0224. The number of carbonyl (C=O) groups excluding carboxylic acids is 1. The summed E-state index contributed by atoms with van der Waals surface area (Å²) in [6.07, 6.45) is 1.80. The normalized spacial score (nSPS) is 12.1. The average molecular weight is 234 g/mol. The highest BCUT2D eigenvalue weighted by atomic mass is 16.1. The van der Waals surface area contributed by atoms with Crippen LogP contribution in [-0.2, 0) is 4.79 Å². The topological polar surface area (TPSA) is 41.1 Å². The summed E-state index contributed by atoms with van der Waals surface area (Å²) in [6.45, 7) is 3.72. The van der Waals surface area contributed by atoms with Crippen molar-refractivity contribution >= 4 is 5.91 Å². The van der Waals surface area contributed by atoms with Crippen LogP contribution in [0, 0.1) is 0 Å². The van der Waals surface area contributed by atoms with E-state index in [2.05, 4.69) is 10.6 Å². The first-order valence-electron chi connectivity index (χ1n) is 6.26. The Morgan fingerprint density at radius 3 is 2.53 bits per heavy atom. The van der Waals surface area contributed by atoms with Gasteiger partial charge in [-0.3, -0.25) is 4.79 Å². The van der Waals surface area contributed by atoms with Gasteiger partial charge in [-0.25, -0.2) is 0 Å². The van der Waals surface area contributed by atoms with Gasteiger partial charge in [0.15, 0.2) is 0 Å². The van der Waals surface area contributed by atoms with Crippen molar-refractivity contribution in [1.82, 2.24) is 10.6 Å². The van der Waals surface area contributed by atoms with Gasteiger partial charge in [0.05, 0.1) is 5.92 Å². The van der Waals surface area contributed by atoms with Gasteiger partial charge in [-0.05, 0) is 32.0 Å². The molecule has 0 radical (unpaired) electrons. The van der Waals surface area contributed by atoms with Crippen LogP contribution >= 0.6 is 0 Å². The van der Waals surface area contributed by atoms with Crippen LogP contribution in [0.4, 0.5) is 0 Å². The van der Waals surface area contributed by atoms with Gasteiger partial charge in [0.25, 0.3) is 0 Å². The van der Waals surface area contributed by atoms with Crippen LogP contribution in [0.1, 0.15) is 31.2 Å². The summed E-state index contributed by atoms with van der Waals surface area (Å²) in [5.74, 6) is 0.112. The summed E-state index contributed by atoms with van der Waals surface area (Å²) in [5, 5.41) is 6.05. The van der Waals surface area contributed by atoms with E-state index in [-0.39, 0.29) is 11.8 Å².